The Morgan fingerprint density at radius 1 is 1.11 bits per heavy atom. The van der Waals surface area contributed by atoms with E-state index in [1.807, 2.05) is 0 Å². The van der Waals surface area contributed by atoms with Crippen LogP contribution in [-0.4, -0.2) is 19.0 Å². The van der Waals surface area contributed by atoms with Gasteiger partial charge in [-0.05, 0) is 80.1 Å². The van der Waals surface area contributed by atoms with Crippen molar-refractivity contribution in [3.8, 4) is 0 Å². The summed E-state index contributed by atoms with van der Waals surface area (Å²) in [6.07, 6.45) is 9.03. The summed E-state index contributed by atoms with van der Waals surface area (Å²) in [5.41, 5.74) is 6.33. The van der Waals surface area contributed by atoms with Crippen molar-refractivity contribution in [2.45, 2.75) is 44.9 Å². The molecule has 4 saturated carbocycles. The SMILES string of the molecule is NCC1(C2C3CC4CC(C3)CC2C4)CCNC(=O)C1. The van der Waals surface area contributed by atoms with Crippen molar-refractivity contribution in [2.24, 2.45) is 40.7 Å². The number of amides is 1. The van der Waals surface area contributed by atoms with Gasteiger partial charge in [0.2, 0.25) is 5.91 Å². The third kappa shape index (κ3) is 1.77. The molecule has 3 N–H and O–H groups in total. The first-order valence-corrected chi connectivity index (χ1v) is 8.17. The molecule has 5 fully saturated rings. The van der Waals surface area contributed by atoms with Crippen LogP contribution in [0, 0.1) is 35.0 Å². The molecule has 1 heterocycles. The lowest BCUT2D eigenvalue weighted by atomic mass is 9.45. The largest absolute Gasteiger partial charge is 0.356 e. The van der Waals surface area contributed by atoms with Gasteiger partial charge in [-0.15, -0.1) is 0 Å². The van der Waals surface area contributed by atoms with Crippen molar-refractivity contribution in [1.29, 1.82) is 0 Å². The van der Waals surface area contributed by atoms with Crippen molar-refractivity contribution >= 4 is 5.91 Å². The zero-order valence-electron chi connectivity index (χ0n) is 11.7. The quantitative estimate of drug-likeness (QED) is 0.799. The average Bonchev–Trinajstić information content (AvgIpc) is 2.37. The predicted molar refractivity (Wildman–Crippen MR) is 74.3 cm³/mol. The number of nitrogens with two attached hydrogens (primary N) is 1. The van der Waals surface area contributed by atoms with Crippen LogP contribution in [0.5, 0.6) is 0 Å². The Balaban J connectivity index is 1.65. The van der Waals surface area contributed by atoms with Crippen molar-refractivity contribution in [1.82, 2.24) is 5.32 Å². The van der Waals surface area contributed by atoms with E-state index in [9.17, 15) is 4.79 Å². The van der Waals surface area contributed by atoms with Crippen LogP contribution in [0.3, 0.4) is 0 Å². The molecular weight excluding hydrogens is 236 g/mol. The Morgan fingerprint density at radius 2 is 1.74 bits per heavy atom. The second-order valence-electron chi connectivity index (χ2n) is 7.80. The molecule has 1 saturated heterocycles. The van der Waals surface area contributed by atoms with E-state index < -0.39 is 0 Å². The molecule has 0 spiro atoms. The molecule has 0 aromatic carbocycles. The molecule has 1 aliphatic heterocycles. The second-order valence-corrected chi connectivity index (χ2v) is 7.80. The van der Waals surface area contributed by atoms with Gasteiger partial charge in [0.1, 0.15) is 0 Å². The minimum Gasteiger partial charge on any atom is -0.356 e. The molecule has 1 unspecified atom stereocenters. The predicted octanol–water partition coefficient (Wildman–Crippen LogP) is 1.91. The highest BCUT2D eigenvalue weighted by Gasteiger charge is 2.56. The van der Waals surface area contributed by atoms with Crippen LogP contribution in [0.1, 0.15) is 44.9 Å². The van der Waals surface area contributed by atoms with E-state index in [4.69, 9.17) is 5.73 Å². The summed E-state index contributed by atoms with van der Waals surface area (Å²) in [6.45, 7) is 1.56. The first kappa shape index (κ1) is 12.2. The lowest BCUT2D eigenvalue weighted by molar-refractivity contribution is -0.137. The molecule has 4 bridgehead atoms. The molecule has 0 aromatic heterocycles. The van der Waals surface area contributed by atoms with Crippen LogP contribution < -0.4 is 11.1 Å². The van der Waals surface area contributed by atoms with Crippen LogP contribution in [0.25, 0.3) is 0 Å². The van der Waals surface area contributed by atoms with Gasteiger partial charge in [0.15, 0.2) is 0 Å². The Morgan fingerprint density at radius 3 is 2.26 bits per heavy atom. The normalized spacial score (nSPS) is 52.3. The highest BCUT2D eigenvalue weighted by atomic mass is 16.1. The van der Waals surface area contributed by atoms with E-state index in [-0.39, 0.29) is 11.3 Å². The fraction of sp³-hybridized carbons (Fsp3) is 0.938. The van der Waals surface area contributed by atoms with Crippen LogP contribution in [0.2, 0.25) is 0 Å². The summed E-state index contributed by atoms with van der Waals surface area (Å²) in [5.74, 6) is 4.76. The van der Waals surface area contributed by atoms with E-state index in [0.717, 1.165) is 42.6 Å². The molecule has 5 aliphatic rings. The van der Waals surface area contributed by atoms with Gasteiger partial charge in [-0.25, -0.2) is 0 Å². The molecule has 4 aliphatic carbocycles. The summed E-state index contributed by atoms with van der Waals surface area (Å²) in [5, 5.41) is 3.00. The van der Waals surface area contributed by atoms with Gasteiger partial charge in [0.25, 0.3) is 0 Å². The first-order valence-electron chi connectivity index (χ1n) is 8.17. The van der Waals surface area contributed by atoms with Gasteiger partial charge >= 0.3 is 0 Å². The molecule has 0 radical (unpaired) electrons. The van der Waals surface area contributed by atoms with Crippen molar-refractivity contribution in [3.63, 3.8) is 0 Å². The van der Waals surface area contributed by atoms with Gasteiger partial charge in [0.05, 0.1) is 0 Å². The summed E-state index contributed by atoms with van der Waals surface area (Å²) < 4.78 is 0. The van der Waals surface area contributed by atoms with Gasteiger partial charge in [-0.1, -0.05) is 0 Å². The fourth-order valence-corrected chi connectivity index (χ4v) is 6.44. The summed E-state index contributed by atoms with van der Waals surface area (Å²) >= 11 is 0. The number of hydrogen-bond acceptors (Lipinski definition) is 2. The molecule has 1 atom stereocenters. The van der Waals surface area contributed by atoms with Gasteiger partial charge in [0, 0.05) is 13.0 Å². The topological polar surface area (TPSA) is 55.1 Å². The molecule has 5 rings (SSSR count). The van der Waals surface area contributed by atoms with Gasteiger partial charge in [-0.2, -0.15) is 0 Å². The maximum atomic E-state index is 11.9. The molecular formula is C16H26N2O. The van der Waals surface area contributed by atoms with E-state index in [0.29, 0.717) is 13.0 Å². The number of nitrogens with one attached hydrogen (secondary N) is 1. The molecule has 19 heavy (non-hydrogen) atoms. The Hall–Kier alpha value is -0.570. The maximum absolute atomic E-state index is 11.9. The van der Waals surface area contributed by atoms with Gasteiger partial charge in [-0.3, -0.25) is 4.79 Å². The second kappa shape index (κ2) is 4.21. The van der Waals surface area contributed by atoms with Crippen LogP contribution >= 0.6 is 0 Å². The number of piperidine rings is 1. The molecule has 3 heteroatoms. The zero-order valence-corrected chi connectivity index (χ0v) is 11.7. The number of carbonyl (C=O) groups is 1. The van der Waals surface area contributed by atoms with Crippen LogP contribution in [-0.2, 0) is 4.79 Å². The van der Waals surface area contributed by atoms with E-state index in [1.165, 1.54) is 32.1 Å². The molecule has 3 nitrogen and oxygen atoms in total. The first-order chi connectivity index (χ1) is 9.20. The Bertz CT molecular complexity index is 366. The third-order valence-electron chi connectivity index (χ3n) is 6.80. The highest BCUT2D eigenvalue weighted by molar-refractivity contribution is 5.77. The summed E-state index contributed by atoms with van der Waals surface area (Å²) in [7, 11) is 0. The van der Waals surface area contributed by atoms with Gasteiger partial charge < -0.3 is 11.1 Å². The van der Waals surface area contributed by atoms with Crippen molar-refractivity contribution in [3.05, 3.63) is 0 Å². The Kier molecular flexibility index (Phi) is 2.70. The maximum Gasteiger partial charge on any atom is 0.220 e. The van der Waals surface area contributed by atoms with Crippen LogP contribution in [0.4, 0.5) is 0 Å². The highest BCUT2D eigenvalue weighted by Crippen LogP contribution is 2.62. The smallest absolute Gasteiger partial charge is 0.220 e. The van der Waals surface area contributed by atoms with Crippen LogP contribution in [0.15, 0.2) is 0 Å². The molecule has 106 valence electrons. The third-order valence-corrected chi connectivity index (χ3v) is 6.80. The summed E-state index contributed by atoms with van der Waals surface area (Å²) in [4.78, 5) is 11.9. The monoisotopic (exact) mass is 262 g/mol. The fourth-order valence-electron chi connectivity index (χ4n) is 6.44. The number of hydrogen-bond donors (Lipinski definition) is 2. The van der Waals surface area contributed by atoms with Crippen molar-refractivity contribution < 1.29 is 4.79 Å². The average molecular weight is 262 g/mol. The lowest BCUT2D eigenvalue weighted by Crippen LogP contribution is -2.57. The number of carbonyl (C=O) groups excluding carboxylic acids is 1. The lowest BCUT2D eigenvalue weighted by Gasteiger charge is -2.60. The zero-order chi connectivity index (χ0) is 13.0. The molecule has 1 amide bonds. The minimum absolute atomic E-state index is 0.130. The Labute approximate surface area is 115 Å². The van der Waals surface area contributed by atoms with Crippen molar-refractivity contribution in [2.75, 3.05) is 13.1 Å². The summed E-state index contributed by atoms with van der Waals surface area (Å²) in [6, 6.07) is 0. The number of rotatable bonds is 2. The van der Waals surface area contributed by atoms with E-state index in [2.05, 4.69) is 5.32 Å². The van der Waals surface area contributed by atoms with E-state index >= 15 is 0 Å². The van der Waals surface area contributed by atoms with E-state index in [1.54, 1.807) is 0 Å². The molecule has 0 aromatic rings. The standard InChI is InChI=1S/C16H26N2O/c17-9-16(1-2-18-14(19)8-16)15-12-4-10-3-11(6-12)7-13(15)5-10/h10-13,15H,1-9,17H2,(H,18,19). The minimum atomic E-state index is 0.130.